The van der Waals surface area contributed by atoms with Crippen LogP contribution < -0.4 is 5.32 Å². The number of nitrogens with one attached hydrogen (secondary N) is 1. The maximum absolute atomic E-state index is 11.7. The van der Waals surface area contributed by atoms with E-state index in [2.05, 4.69) is 5.32 Å². The van der Waals surface area contributed by atoms with Crippen LogP contribution in [0.2, 0.25) is 0 Å². The SMILES string of the molecule is CCC(CC)NC(=O)N1CC(CC(=O)O)C1. The summed E-state index contributed by atoms with van der Waals surface area (Å²) in [5, 5.41) is 11.5. The molecule has 0 unspecified atom stereocenters. The van der Waals surface area contributed by atoms with Crippen LogP contribution in [0.3, 0.4) is 0 Å². The highest BCUT2D eigenvalue weighted by atomic mass is 16.4. The van der Waals surface area contributed by atoms with Crippen LogP contribution in [0.25, 0.3) is 0 Å². The van der Waals surface area contributed by atoms with Crippen molar-refractivity contribution >= 4 is 12.0 Å². The van der Waals surface area contributed by atoms with Gasteiger partial charge in [-0.3, -0.25) is 4.79 Å². The van der Waals surface area contributed by atoms with Gasteiger partial charge < -0.3 is 15.3 Å². The second-order valence-corrected chi connectivity index (χ2v) is 4.33. The molecule has 0 aromatic rings. The molecule has 92 valence electrons. The minimum atomic E-state index is -0.787. The van der Waals surface area contributed by atoms with E-state index in [1.807, 2.05) is 13.8 Å². The Morgan fingerprint density at radius 1 is 1.38 bits per heavy atom. The number of hydrogen-bond donors (Lipinski definition) is 2. The van der Waals surface area contributed by atoms with Gasteiger partial charge in [-0.25, -0.2) is 4.79 Å². The molecule has 5 nitrogen and oxygen atoms in total. The van der Waals surface area contributed by atoms with Crippen molar-refractivity contribution in [1.29, 1.82) is 0 Å². The quantitative estimate of drug-likeness (QED) is 0.745. The summed E-state index contributed by atoms with van der Waals surface area (Å²) in [6, 6.07) is 0.168. The predicted molar refractivity (Wildman–Crippen MR) is 60.2 cm³/mol. The average molecular weight is 228 g/mol. The maximum Gasteiger partial charge on any atom is 0.317 e. The molecule has 1 rings (SSSR count). The summed E-state index contributed by atoms with van der Waals surface area (Å²) in [6.07, 6.45) is 2.01. The van der Waals surface area contributed by atoms with Crippen LogP contribution >= 0.6 is 0 Å². The molecule has 16 heavy (non-hydrogen) atoms. The second kappa shape index (κ2) is 5.72. The standard InChI is InChI=1S/C11H20N2O3/c1-3-9(4-2)12-11(16)13-6-8(7-13)5-10(14)15/h8-9H,3-7H2,1-2H3,(H,12,16)(H,14,15). The molecule has 5 heteroatoms. The molecule has 0 aromatic carbocycles. The number of aliphatic carboxylic acids is 1. The van der Waals surface area contributed by atoms with Gasteiger partial charge in [0.15, 0.2) is 0 Å². The molecule has 0 saturated carbocycles. The minimum absolute atomic E-state index is 0.0599. The molecule has 0 bridgehead atoms. The van der Waals surface area contributed by atoms with Crippen LogP contribution in [-0.2, 0) is 4.79 Å². The zero-order valence-electron chi connectivity index (χ0n) is 9.90. The van der Waals surface area contributed by atoms with Crippen molar-refractivity contribution in [3.63, 3.8) is 0 Å². The summed E-state index contributed by atoms with van der Waals surface area (Å²) >= 11 is 0. The van der Waals surface area contributed by atoms with Crippen molar-refractivity contribution in [3.05, 3.63) is 0 Å². The Balaban J connectivity index is 2.23. The van der Waals surface area contributed by atoms with Gasteiger partial charge >= 0.3 is 12.0 Å². The van der Waals surface area contributed by atoms with E-state index in [-0.39, 0.29) is 24.4 Å². The van der Waals surface area contributed by atoms with Crippen LogP contribution in [0.15, 0.2) is 0 Å². The van der Waals surface area contributed by atoms with Crippen LogP contribution in [-0.4, -0.2) is 41.1 Å². The number of likely N-dealkylation sites (tertiary alicyclic amines) is 1. The van der Waals surface area contributed by atoms with E-state index in [1.54, 1.807) is 4.90 Å². The van der Waals surface area contributed by atoms with E-state index < -0.39 is 5.97 Å². The number of hydrogen-bond acceptors (Lipinski definition) is 2. The monoisotopic (exact) mass is 228 g/mol. The molecule has 1 aliphatic rings. The first-order valence-corrected chi connectivity index (χ1v) is 5.84. The third-order valence-electron chi connectivity index (χ3n) is 3.02. The van der Waals surface area contributed by atoms with Crippen molar-refractivity contribution in [2.45, 2.75) is 39.2 Å². The van der Waals surface area contributed by atoms with Crippen molar-refractivity contribution in [1.82, 2.24) is 10.2 Å². The van der Waals surface area contributed by atoms with Crippen LogP contribution in [0, 0.1) is 5.92 Å². The van der Waals surface area contributed by atoms with Crippen LogP contribution in [0.5, 0.6) is 0 Å². The number of carboxylic acid groups (broad SMARTS) is 1. The molecule has 1 saturated heterocycles. The number of carbonyl (C=O) groups excluding carboxylic acids is 1. The van der Waals surface area contributed by atoms with Gasteiger partial charge in [-0.2, -0.15) is 0 Å². The molecule has 1 fully saturated rings. The Hall–Kier alpha value is -1.26. The van der Waals surface area contributed by atoms with Gasteiger partial charge in [0.25, 0.3) is 0 Å². The number of carboxylic acids is 1. The summed E-state index contributed by atoms with van der Waals surface area (Å²) in [5.74, 6) is -0.657. The molecular formula is C11H20N2O3. The summed E-state index contributed by atoms with van der Waals surface area (Å²) in [4.78, 5) is 23.8. The second-order valence-electron chi connectivity index (χ2n) is 4.33. The van der Waals surface area contributed by atoms with Gasteiger partial charge in [0, 0.05) is 25.0 Å². The van der Waals surface area contributed by atoms with Gasteiger partial charge in [-0.15, -0.1) is 0 Å². The Morgan fingerprint density at radius 2 is 1.94 bits per heavy atom. The Morgan fingerprint density at radius 3 is 2.38 bits per heavy atom. The number of amides is 2. The van der Waals surface area contributed by atoms with Crippen molar-refractivity contribution in [2.75, 3.05) is 13.1 Å². The van der Waals surface area contributed by atoms with E-state index >= 15 is 0 Å². The van der Waals surface area contributed by atoms with Gasteiger partial charge in [0.05, 0.1) is 6.42 Å². The molecule has 1 aliphatic heterocycles. The number of urea groups is 1. The lowest BCUT2D eigenvalue weighted by Gasteiger charge is -2.39. The van der Waals surface area contributed by atoms with Gasteiger partial charge in [0.2, 0.25) is 0 Å². The Kier molecular flexibility index (Phi) is 4.58. The first kappa shape index (κ1) is 12.8. The summed E-state index contributed by atoms with van der Waals surface area (Å²) in [7, 11) is 0. The molecule has 1 heterocycles. The average Bonchev–Trinajstić information content (AvgIpc) is 2.18. The normalized spacial score (nSPS) is 16.1. The first-order valence-electron chi connectivity index (χ1n) is 5.84. The highest BCUT2D eigenvalue weighted by molar-refractivity contribution is 5.76. The Labute approximate surface area is 95.8 Å². The minimum Gasteiger partial charge on any atom is -0.481 e. The van der Waals surface area contributed by atoms with E-state index in [4.69, 9.17) is 5.11 Å². The molecule has 0 aromatic heterocycles. The fraction of sp³-hybridized carbons (Fsp3) is 0.818. The third-order valence-corrected chi connectivity index (χ3v) is 3.02. The van der Waals surface area contributed by atoms with Crippen molar-refractivity contribution in [2.24, 2.45) is 5.92 Å². The summed E-state index contributed by atoms with van der Waals surface area (Å²) in [5.41, 5.74) is 0. The van der Waals surface area contributed by atoms with Crippen molar-refractivity contribution in [3.8, 4) is 0 Å². The van der Waals surface area contributed by atoms with Crippen LogP contribution in [0.1, 0.15) is 33.1 Å². The zero-order valence-corrected chi connectivity index (χ0v) is 9.90. The van der Waals surface area contributed by atoms with Crippen molar-refractivity contribution < 1.29 is 14.7 Å². The summed E-state index contributed by atoms with van der Waals surface area (Å²) in [6.45, 7) is 5.21. The molecule has 0 spiro atoms. The van der Waals surface area contributed by atoms with E-state index in [9.17, 15) is 9.59 Å². The van der Waals surface area contributed by atoms with E-state index in [0.29, 0.717) is 13.1 Å². The third kappa shape index (κ3) is 3.40. The molecule has 2 amide bonds. The molecule has 2 N–H and O–H groups in total. The fourth-order valence-corrected chi connectivity index (χ4v) is 1.87. The van der Waals surface area contributed by atoms with Gasteiger partial charge in [-0.05, 0) is 12.8 Å². The number of carbonyl (C=O) groups is 2. The lowest BCUT2D eigenvalue weighted by Crippen LogP contribution is -2.55. The highest BCUT2D eigenvalue weighted by Crippen LogP contribution is 2.19. The molecule has 0 radical (unpaired) electrons. The zero-order chi connectivity index (χ0) is 12.1. The molecular weight excluding hydrogens is 208 g/mol. The first-order chi connectivity index (χ1) is 7.56. The Bertz CT molecular complexity index is 258. The summed E-state index contributed by atoms with van der Waals surface area (Å²) < 4.78 is 0. The molecule has 0 atom stereocenters. The van der Waals surface area contributed by atoms with E-state index in [0.717, 1.165) is 12.8 Å². The predicted octanol–water partition coefficient (Wildman–Crippen LogP) is 1.29. The van der Waals surface area contributed by atoms with E-state index in [1.165, 1.54) is 0 Å². The van der Waals surface area contributed by atoms with Gasteiger partial charge in [-0.1, -0.05) is 13.8 Å². The number of nitrogens with zero attached hydrogens (tertiary/aromatic N) is 1. The van der Waals surface area contributed by atoms with Crippen LogP contribution in [0.4, 0.5) is 4.79 Å². The lowest BCUT2D eigenvalue weighted by atomic mass is 9.97. The smallest absolute Gasteiger partial charge is 0.317 e. The topological polar surface area (TPSA) is 69.6 Å². The fourth-order valence-electron chi connectivity index (χ4n) is 1.87. The molecule has 0 aliphatic carbocycles. The van der Waals surface area contributed by atoms with Gasteiger partial charge in [0.1, 0.15) is 0 Å². The lowest BCUT2D eigenvalue weighted by molar-refractivity contribution is -0.139. The largest absolute Gasteiger partial charge is 0.481 e. The highest BCUT2D eigenvalue weighted by Gasteiger charge is 2.32. The maximum atomic E-state index is 11.7. The number of rotatable bonds is 5.